The van der Waals surface area contributed by atoms with Gasteiger partial charge < -0.3 is 5.11 Å². The summed E-state index contributed by atoms with van der Waals surface area (Å²) in [4.78, 5) is 14.0. The van der Waals surface area contributed by atoms with Gasteiger partial charge in [-0.05, 0) is 50.3 Å². The van der Waals surface area contributed by atoms with Gasteiger partial charge in [-0.15, -0.1) is 0 Å². The Morgan fingerprint density at radius 2 is 2.30 bits per heavy atom. The van der Waals surface area contributed by atoms with E-state index < -0.39 is 11.4 Å². The molecule has 1 aromatic carbocycles. The van der Waals surface area contributed by atoms with Crippen molar-refractivity contribution >= 4 is 5.97 Å². The first-order valence-electron chi connectivity index (χ1n) is 7.62. The van der Waals surface area contributed by atoms with Gasteiger partial charge in [0.05, 0.1) is 5.41 Å². The summed E-state index contributed by atoms with van der Waals surface area (Å²) in [7, 11) is 0. The van der Waals surface area contributed by atoms with Gasteiger partial charge in [0.25, 0.3) is 0 Å². The molecule has 1 aromatic rings. The normalized spacial score (nSPS) is 29.6. The highest BCUT2D eigenvalue weighted by atomic mass is 16.4. The summed E-state index contributed by atoms with van der Waals surface area (Å²) >= 11 is 0. The Morgan fingerprint density at radius 3 is 2.95 bits per heavy atom. The number of hydrogen-bond acceptors (Lipinski definition) is 2. The van der Waals surface area contributed by atoms with E-state index in [4.69, 9.17) is 0 Å². The Kier molecular flexibility index (Phi) is 3.33. The first-order chi connectivity index (χ1) is 9.55. The fraction of sp³-hybridized carbons (Fsp3) is 0.588. The lowest BCUT2D eigenvalue weighted by Crippen LogP contribution is -2.35. The Hall–Kier alpha value is -1.35. The number of carboxylic acids is 1. The second-order valence-electron chi connectivity index (χ2n) is 6.42. The topological polar surface area (TPSA) is 40.5 Å². The third-order valence-corrected chi connectivity index (χ3v) is 5.30. The number of hydrogen-bond donors (Lipinski definition) is 1. The number of aryl methyl sites for hydroxylation is 2. The van der Waals surface area contributed by atoms with Gasteiger partial charge in [-0.3, -0.25) is 9.69 Å². The van der Waals surface area contributed by atoms with Crippen molar-refractivity contribution in [3.8, 4) is 0 Å². The van der Waals surface area contributed by atoms with Crippen LogP contribution in [-0.2, 0) is 11.2 Å². The second kappa shape index (κ2) is 4.88. The van der Waals surface area contributed by atoms with Crippen molar-refractivity contribution in [3.63, 3.8) is 0 Å². The van der Waals surface area contributed by atoms with Crippen LogP contribution in [0.15, 0.2) is 18.2 Å². The van der Waals surface area contributed by atoms with Crippen LogP contribution in [0.1, 0.15) is 48.9 Å². The van der Waals surface area contributed by atoms with Crippen molar-refractivity contribution in [2.75, 3.05) is 13.1 Å². The van der Waals surface area contributed by atoms with Crippen molar-refractivity contribution in [2.45, 2.75) is 45.6 Å². The summed E-state index contributed by atoms with van der Waals surface area (Å²) in [5, 5.41) is 9.54. The van der Waals surface area contributed by atoms with E-state index in [9.17, 15) is 9.90 Å². The van der Waals surface area contributed by atoms with Gasteiger partial charge in [0.15, 0.2) is 0 Å². The summed E-state index contributed by atoms with van der Waals surface area (Å²) in [6.45, 7) is 5.76. The van der Waals surface area contributed by atoms with Crippen molar-refractivity contribution in [1.29, 1.82) is 0 Å². The third-order valence-electron chi connectivity index (χ3n) is 5.30. The molecule has 1 saturated heterocycles. The maximum atomic E-state index is 11.6. The molecule has 3 rings (SSSR count). The quantitative estimate of drug-likeness (QED) is 0.919. The van der Waals surface area contributed by atoms with Crippen molar-refractivity contribution in [2.24, 2.45) is 5.41 Å². The molecule has 2 unspecified atom stereocenters. The molecule has 0 aromatic heterocycles. The number of carbonyl (C=O) groups is 1. The van der Waals surface area contributed by atoms with Crippen LogP contribution in [0, 0.1) is 12.3 Å². The lowest BCUT2D eigenvalue weighted by Gasteiger charge is -2.28. The summed E-state index contributed by atoms with van der Waals surface area (Å²) in [5.41, 5.74) is 3.66. The Morgan fingerprint density at radius 1 is 1.50 bits per heavy atom. The van der Waals surface area contributed by atoms with Gasteiger partial charge >= 0.3 is 5.97 Å². The fourth-order valence-corrected chi connectivity index (χ4v) is 3.86. The molecule has 2 atom stereocenters. The summed E-state index contributed by atoms with van der Waals surface area (Å²) in [5.74, 6) is -0.620. The highest BCUT2D eigenvalue weighted by Crippen LogP contribution is 2.43. The van der Waals surface area contributed by atoms with Gasteiger partial charge in [0.2, 0.25) is 0 Å². The number of aliphatic carboxylic acids is 1. The molecule has 3 nitrogen and oxygen atoms in total. The number of likely N-dealkylation sites (tertiary alicyclic amines) is 1. The highest BCUT2D eigenvalue weighted by Gasteiger charge is 2.45. The van der Waals surface area contributed by atoms with E-state index >= 15 is 0 Å². The molecule has 1 fully saturated rings. The van der Waals surface area contributed by atoms with E-state index in [-0.39, 0.29) is 0 Å². The minimum atomic E-state index is -0.620. The maximum absolute atomic E-state index is 11.6. The molecule has 0 bridgehead atoms. The smallest absolute Gasteiger partial charge is 0.310 e. The van der Waals surface area contributed by atoms with Crippen LogP contribution in [0.4, 0.5) is 0 Å². The zero-order valence-electron chi connectivity index (χ0n) is 12.4. The first kappa shape index (κ1) is 13.6. The summed E-state index contributed by atoms with van der Waals surface area (Å²) in [6, 6.07) is 7.14. The van der Waals surface area contributed by atoms with Gasteiger partial charge in [0.1, 0.15) is 0 Å². The van der Waals surface area contributed by atoms with Crippen molar-refractivity contribution in [3.05, 3.63) is 34.9 Å². The number of fused-ring (bicyclic) bond motifs is 1. The molecule has 1 heterocycles. The van der Waals surface area contributed by atoms with Crippen LogP contribution < -0.4 is 0 Å². The van der Waals surface area contributed by atoms with E-state index in [0.29, 0.717) is 12.6 Å². The lowest BCUT2D eigenvalue weighted by atomic mass is 9.84. The zero-order chi connectivity index (χ0) is 14.3. The molecule has 0 spiro atoms. The number of nitrogens with zero attached hydrogens (tertiary/aromatic N) is 1. The molecule has 1 aliphatic carbocycles. The largest absolute Gasteiger partial charge is 0.481 e. The van der Waals surface area contributed by atoms with Crippen LogP contribution in [-0.4, -0.2) is 29.1 Å². The summed E-state index contributed by atoms with van der Waals surface area (Å²) in [6.07, 6.45) is 3.78. The van der Waals surface area contributed by atoms with Gasteiger partial charge in [0, 0.05) is 12.6 Å². The number of benzene rings is 1. The second-order valence-corrected chi connectivity index (χ2v) is 6.42. The monoisotopic (exact) mass is 273 g/mol. The molecule has 2 aliphatic rings. The molecule has 3 heteroatoms. The molecular weight excluding hydrogens is 250 g/mol. The van der Waals surface area contributed by atoms with Crippen LogP contribution in [0.2, 0.25) is 0 Å². The van der Waals surface area contributed by atoms with Crippen LogP contribution >= 0.6 is 0 Å². The molecular formula is C17H23NO2. The fourth-order valence-electron chi connectivity index (χ4n) is 3.86. The maximum Gasteiger partial charge on any atom is 0.310 e. The predicted octanol–water partition coefficient (Wildman–Crippen LogP) is 3.17. The number of carboxylic acid groups (broad SMARTS) is 1. The van der Waals surface area contributed by atoms with Gasteiger partial charge in [-0.1, -0.05) is 30.7 Å². The molecule has 0 radical (unpaired) electrons. The predicted molar refractivity (Wildman–Crippen MR) is 78.8 cm³/mol. The number of rotatable bonds is 3. The van der Waals surface area contributed by atoms with Gasteiger partial charge in [-0.2, -0.15) is 0 Å². The molecule has 1 N–H and O–H groups in total. The Balaban J connectivity index is 1.84. The average molecular weight is 273 g/mol. The van der Waals surface area contributed by atoms with Crippen molar-refractivity contribution < 1.29 is 9.90 Å². The SMILES string of the molecule is CCC1(C(=O)O)CCN(C2CCc3ccc(C)cc32)C1. The highest BCUT2D eigenvalue weighted by molar-refractivity contribution is 5.75. The standard InChI is InChI=1S/C17H23NO2/c1-3-17(16(19)20)8-9-18(11-17)15-7-6-13-5-4-12(2)10-14(13)15/h4-5,10,15H,3,6-9,11H2,1-2H3,(H,19,20). The van der Waals surface area contributed by atoms with E-state index in [1.54, 1.807) is 0 Å². The lowest BCUT2D eigenvalue weighted by molar-refractivity contribution is -0.148. The minimum absolute atomic E-state index is 0.428. The van der Waals surface area contributed by atoms with Crippen molar-refractivity contribution in [1.82, 2.24) is 4.90 Å². The van der Waals surface area contributed by atoms with E-state index in [2.05, 4.69) is 30.0 Å². The van der Waals surface area contributed by atoms with E-state index in [1.165, 1.54) is 16.7 Å². The molecule has 0 amide bonds. The zero-order valence-corrected chi connectivity index (χ0v) is 12.4. The molecule has 0 saturated carbocycles. The Bertz CT molecular complexity index is 540. The summed E-state index contributed by atoms with van der Waals surface area (Å²) < 4.78 is 0. The van der Waals surface area contributed by atoms with Crippen LogP contribution in [0.5, 0.6) is 0 Å². The first-order valence-corrected chi connectivity index (χ1v) is 7.62. The average Bonchev–Trinajstić information content (AvgIpc) is 3.02. The van der Waals surface area contributed by atoms with E-state index in [0.717, 1.165) is 32.2 Å². The Labute approximate surface area is 120 Å². The molecule has 1 aliphatic heterocycles. The van der Waals surface area contributed by atoms with E-state index in [1.807, 2.05) is 6.92 Å². The van der Waals surface area contributed by atoms with Crippen LogP contribution in [0.25, 0.3) is 0 Å². The third kappa shape index (κ3) is 2.05. The van der Waals surface area contributed by atoms with Crippen LogP contribution in [0.3, 0.4) is 0 Å². The minimum Gasteiger partial charge on any atom is -0.481 e. The van der Waals surface area contributed by atoms with Gasteiger partial charge in [-0.25, -0.2) is 0 Å². The molecule has 108 valence electrons. The molecule has 20 heavy (non-hydrogen) atoms.